The Morgan fingerprint density at radius 1 is 0.575 bits per heavy atom. The van der Waals surface area contributed by atoms with Gasteiger partial charge in [-0.2, -0.15) is 0 Å². The van der Waals surface area contributed by atoms with E-state index in [4.69, 9.17) is 0 Å². The van der Waals surface area contributed by atoms with Gasteiger partial charge in [0.2, 0.25) is 0 Å². The standard InChI is InChI=1S/C39H31N/c1-39(2)37-19-11-10-18-34(37)36-25-28(21-23-38(36)39)40(26-12-4-3-5-13-26)27-20-22-33-31-16-7-6-14-29(31)30-15-8-9-17-32(30)35(33)24-27/h3-24,28H,25H2,1-2H3. The van der Waals surface area contributed by atoms with E-state index in [1.54, 1.807) is 0 Å². The quantitative estimate of drug-likeness (QED) is 0.213. The van der Waals surface area contributed by atoms with Crippen LogP contribution in [0.15, 0.2) is 139 Å². The number of hydrogen-bond acceptors (Lipinski definition) is 1. The van der Waals surface area contributed by atoms with E-state index in [0.29, 0.717) is 0 Å². The molecule has 1 unspecified atom stereocenters. The van der Waals surface area contributed by atoms with E-state index in [9.17, 15) is 0 Å². The van der Waals surface area contributed by atoms with Crippen molar-refractivity contribution in [1.82, 2.24) is 0 Å². The molecule has 0 radical (unpaired) electrons. The molecule has 8 rings (SSSR count). The largest absolute Gasteiger partial charge is 0.334 e. The zero-order chi connectivity index (χ0) is 26.8. The molecule has 0 saturated carbocycles. The SMILES string of the molecule is CC1(C)C2=C(CC(N(c3ccccc3)c3ccc4c5ccccc5c5ccccc5c4c3)C=C2)c2ccccc21. The summed E-state index contributed by atoms with van der Waals surface area (Å²) in [4.78, 5) is 2.54. The molecule has 0 saturated heterocycles. The Labute approximate surface area is 235 Å². The van der Waals surface area contributed by atoms with Crippen molar-refractivity contribution in [2.24, 2.45) is 0 Å². The highest BCUT2D eigenvalue weighted by atomic mass is 15.2. The summed E-state index contributed by atoms with van der Waals surface area (Å²) in [5.74, 6) is 0. The second-order valence-electron chi connectivity index (χ2n) is 11.7. The lowest BCUT2D eigenvalue weighted by Gasteiger charge is -2.35. The highest BCUT2D eigenvalue weighted by molar-refractivity contribution is 6.25. The molecule has 0 spiro atoms. The van der Waals surface area contributed by atoms with Crippen molar-refractivity contribution >= 4 is 49.3 Å². The normalized spacial score (nSPS) is 17.4. The summed E-state index contributed by atoms with van der Waals surface area (Å²) in [6, 6.07) is 44.8. The van der Waals surface area contributed by atoms with Gasteiger partial charge in [0, 0.05) is 16.8 Å². The molecule has 192 valence electrons. The Morgan fingerprint density at radius 3 is 1.85 bits per heavy atom. The summed E-state index contributed by atoms with van der Waals surface area (Å²) in [6.45, 7) is 4.74. The van der Waals surface area contributed by atoms with E-state index in [-0.39, 0.29) is 11.5 Å². The first kappa shape index (κ1) is 23.3. The fraction of sp³-hybridized carbons (Fsp3) is 0.128. The van der Waals surface area contributed by atoms with Crippen LogP contribution in [0.4, 0.5) is 11.4 Å². The van der Waals surface area contributed by atoms with Gasteiger partial charge in [-0.3, -0.25) is 0 Å². The van der Waals surface area contributed by atoms with Crippen molar-refractivity contribution in [2.45, 2.75) is 31.7 Å². The summed E-state index contributed by atoms with van der Waals surface area (Å²) in [6.07, 6.45) is 5.82. The second-order valence-corrected chi connectivity index (χ2v) is 11.7. The highest BCUT2D eigenvalue weighted by Gasteiger charge is 2.39. The number of hydrogen-bond donors (Lipinski definition) is 0. The Balaban J connectivity index is 1.32. The second kappa shape index (κ2) is 8.69. The Bertz CT molecular complexity index is 1970. The number of para-hydroxylation sites is 1. The zero-order valence-corrected chi connectivity index (χ0v) is 22.9. The minimum atomic E-state index is 0.0356. The summed E-state index contributed by atoms with van der Waals surface area (Å²) in [5, 5.41) is 7.86. The Morgan fingerprint density at radius 2 is 1.15 bits per heavy atom. The van der Waals surface area contributed by atoms with Crippen LogP contribution in [0.5, 0.6) is 0 Å². The van der Waals surface area contributed by atoms with Gasteiger partial charge in [0.25, 0.3) is 0 Å². The van der Waals surface area contributed by atoms with Gasteiger partial charge in [-0.25, -0.2) is 0 Å². The van der Waals surface area contributed by atoms with Crippen LogP contribution < -0.4 is 4.90 Å². The molecule has 2 aliphatic rings. The maximum atomic E-state index is 2.54. The number of fused-ring (bicyclic) bond motifs is 8. The Kier molecular flexibility index (Phi) is 5.06. The lowest BCUT2D eigenvalue weighted by Crippen LogP contribution is -2.31. The van der Waals surface area contributed by atoms with Gasteiger partial charge >= 0.3 is 0 Å². The van der Waals surface area contributed by atoms with Crippen molar-refractivity contribution in [3.8, 4) is 0 Å². The van der Waals surface area contributed by atoms with Crippen LogP contribution in [0.1, 0.15) is 31.4 Å². The predicted molar refractivity (Wildman–Crippen MR) is 171 cm³/mol. The minimum Gasteiger partial charge on any atom is -0.334 e. The summed E-state index contributed by atoms with van der Waals surface area (Å²) >= 11 is 0. The van der Waals surface area contributed by atoms with Gasteiger partial charge in [-0.1, -0.05) is 123 Å². The van der Waals surface area contributed by atoms with E-state index in [1.807, 2.05) is 0 Å². The third-order valence-electron chi connectivity index (χ3n) is 9.19. The molecule has 0 aliphatic heterocycles. The van der Waals surface area contributed by atoms with Crippen molar-refractivity contribution in [3.05, 3.63) is 150 Å². The molecule has 6 aromatic rings. The van der Waals surface area contributed by atoms with E-state index in [1.165, 1.54) is 66.0 Å². The van der Waals surface area contributed by atoms with Crippen molar-refractivity contribution in [2.75, 3.05) is 4.90 Å². The first-order valence-corrected chi connectivity index (χ1v) is 14.3. The van der Waals surface area contributed by atoms with Gasteiger partial charge in [0.05, 0.1) is 6.04 Å². The molecular weight excluding hydrogens is 482 g/mol. The van der Waals surface area contributed by atoms with Crippen LogP contribution in [-0.4, -0.2) is 6.04 Å². The van der Waals surface area contributed by atoms with Gasteiger partial charge < -0.3 is 4.90 Å². The van der Waals surface area contributed by atoms with Crippen LogP contribution in [0.3, 0.4) is 0 Å². The molecule has 1 heteroatoms. The number of benzene rings is 6. The molecule has 1 atom stereocenters. The molecule has 0 aromatic heterocycles. The van der Waals surface area contributed by atoms with E-state index >= 15 is 0 Å². The van der Waals surface area contributed by atoms with Gasteiger partial charge in [0.15, 0.2) is 0 Å². The van der Waals surface area contributed by atoms with Crippen LogP contribution in [0.25, 0.3) is 37.9 Å². The monoisotopic (exact) mass is 513 g/mol. The topological polar surface area (TPSA) is 3.24 Å². The molecule has 2 aliphatic carbocycles. The molecule has 0 fully saturated rings. The first-order valence-electron chi connectivity index (χ1n) is 14.3. The van der Waals surface area contributed by atoms with Crippen LogP contribution in [0, 0.1) is 0 Å². The van der Waals surface area contributed by atoms with E-state index < -0.39 is 0 Å². The van der Waals surface area contributed by atoms with Crippen molar-refractivity contribution in [3.63, 3.8) is 0 Å². The van der Waals surface area contributed by atoms with Crippen molar-refractivity contribution < 1.29 is 0 Å². The summed E-state index contributed by atoms with van der Waals surface area (Å²) in [5.41, 5.74) is 8.30. The number of rotatable bonds is 3. The fourth-order valence-corrected chi connectivity index (χ4v) is 7.32. The Hall–Kier alpha value is -4.62. The number of nitrogens with zero attached hydrogens (tertiary/aromatic N) is 1. The molecule has 40 heavy (non-hydrogen) atoms. The maximum absolute atomic E-state index is 2.54. The average molecular weight is 514 g/mol. The molecule has 0 N–H and O–H groups in total. The molecule has 0 amide bonds. The van der Waals surface area contributed by atoms with Crippen molar-refractivity contribution in [1.29, 1.82) is 0 Å². The fourth-order valence-electron chi connectivity index (χ4n) is 7.32. The lowest BCUT2D eigenvalue weighted by atomic mass is 9.79. The van der Waals surface area contributed by atoms with E-state index in [0.717, 1.165) is 6.42 Å². The number of anilines is 2. The summed E-state index contributed by atoms with van der Waals surface area (Å²) in [7, 11) is 0. The lowest BCUT2D eigenvalue weighted by molar-refractivity contribution is 0.648. The van der Waals surface area contributed by atoms with Crippen LogP contribution in [-0.2, 0) is 5.41 Å². The number of allylic oxidation sites excluding steroid dienone is 2. The molecule has 0 bridgehead atoms. The van der Waals surface area contributed by atoms with Gasteiger partial charge in [-0.15, -0.1) is 0 Å². The van der Waals surface area contributed by atoms with E-state index in [2.05, 4.69) is 152 Å². The predicted octanol–water partition coefficient (Wildman–Crippen LogP) is 10.4. The average Bonchev–Trinajstić information content (AvgIpc) is 3.24. The smallest absolute Gasteiger partial charge is 0.0566 e. The van der Waals surface area contributed by atoms with Crippen LogP contribution in [0.2, 0.25) is 0 Å². The summed E-state index contributed by atoms with van der Waals surface area (Å²) < 4.78 is 0. The third kappa shape index (κ3) is 3.34. The molecule has 0 heterocycles. The zero-order valence-electron chi connectivity index (χ0n) is 22.9. The molecular formula is C39H31N. The minimum absolute atomic E-state index is 0.0356. The highest BCUT2D eigenvalue weighted by Crippen LogP contribution is 2.51. The van der Waals surface area contributed by atoms with Gasteiger partial charge in [-0.05, 0) is 85.3 Å². The maximum Gasteiger partial charge on any atom is 0.0566 e. The molecule has 6 aromatic carbocycles. The first-order chi connectivity index (χ1) is 19.6. The van der Waals surface area contributed by atoms with Crippen LogP contribution >= 0.6 is 0 Å². The molecule has 1 nitrogen and oxygen atoms in total. The third-order valence-corrected chi connectivity index (χ3v) is 9.19. The van der Waals surface area contributed by atoms with Gasteiger partial charge in [0.1, 0.15) is 0 Å².